The van der Waals surface area contributed by atoms with Gasteiger partial charge in [-0.1, -0.05) is 35.3 Å². The number of rotatable bonds is 14. The third-order valence-corrected chi connectivity index (χ3v) is 6.81. The molecule has 0 spiro atoms. The summed E-state index contributed by atoms with van der Waals surface area (Å²) in [7, 11) is -1.84. The van der Waals surface area contributed by atoms with Crippen LogP contribution in [0.2, 0.25) is 10.0 Å². The summed E-state index contributed by atoms with van der Waals surface area (Å²) in [5.74, 6) is 1.21. The molecule has 1 aromatic carbocycles. The molecule has 0 radical (unpaired) electrons. The normalized spacial score (nSPS) is 11.4. The minimum Gasteiger partial charge on any atom is -0.491 e. The van der Waals surface area contributed by atoms with E-state index < -0.39 is 10.0 Å². The lowest BCUT2D eigenvalue weighted by atomic mass is 10.1. The molecule has 11 heteroatoms. The Balaban J connectivity index is 1.63. The van der Waals surface area contributed by atoms with Crippen LogP contribution in [0.1, 0.15) is 17.7 Å². The molecule has 3 aromatic rings. The fraction of sp³-hybridized carbons (Fsp3) is 0.333. The maximum absolute atomic E-state index is 12.4. The van der Waals surface area contributed by atoms with E-state index in [1.54, 1.807) is 25.4 Å². The van der Waals surface area contributed by atoms with Gasteiger partial charge in [0.15, 0.2) is 0 Å². The van der Waals surface area contributed by atoms with Crippen molar-refractivity contribution in [3.63, 3.8) is 0 Å². The van der Waals surface area contributed by atoms with Gasteiger partial charge in [0.05, 0.1) is 17.4 Å². The molecule has 1 N–H and O–H groups in total. The maximum Gasteiger partial charge on any atom is 0.238 e. The number of sulfonamides is 1. The minimum absolute atomic E-state index is 0.0271. The quantitative estimate of drug-likeness (QED) is 0.296. The standard InChI is InChI=1S/C24H27Cl2N3O5S/c1-32-12-13-33-21-8-7-18(23(16-21)34-24-22(26)15-19(25)17-28-24)5-4-14-35(30,31)29-11-9-20-6-2-3-10-27-20/h2-3,6-8,10,15-17,29H,4-5,9,11-14H2,1H3. The highest BCUT2D eigenvalue weighted by Crippen LogP contribution is 2.33. The molecule has 2 aromatic heterocycles. The SMILES string of the molecule is COCCOc1ccc(CCCS(=O)(=O)NCCc2ccccn2)c(Oc2ncc(Cl)cc2Cl)c1. The highest BCUT2D eigenvalue weighted by Gasteiger charge is 2.14. The third kappa shape index (κ3) is 9.27. The van der Waals surface area contributed by atoms with Gasteiger partial charge < -0.3 is 14.2 Å². The minimum atomic E-state index is -3.43. The van der Waals surface area contributed by atoms with E-state index in [2.05, 4.69) is 14.7 Å². The van der Waals surface area contributed by atoms with Gasteiger partial charge in [-0.15, -0.1) is 0 Å². The predicted molar refractivity (Wildman–Crippen MR) is 136 cm³/mol. The van der Waals surface area contributed by atoms with E-state index in [0.29, 0.717) is 55.5 Å². The Bertz CT molecular complexity index is 1200. The van der Waals surface area contributed by atoms with E-state index >= 15 is 0 Å². The Labute approximate surface area is 215 Å². The molecule has 35 heavy (non-hydrogen) atoms. The number of nitrogens with zero attached hydrogens (tertiary/aromatic N) is 2. The van der Waals surface area contributed by atoms with E-state index in [9.17, 15) is 8.42 Å². The third-order valence-electron chi connectivity index (χ3n) is 4.86. The van der Waals surface area contributed by atoms with Crippen molar-refractivity contribution in [1.29, 1.82) is 0 Å². The molecule has 0 atom stereocenters. The Morgan fingerprint density at radius 3 is 2.63 bits per heavy atom. The zero-order valence-corrected chi connectivity index (χ0v) is 21.6. The van der Waals surface area contributed by atoms with Crippen LogP contribution in [0.4, 0.5) is 0 Å². The van der Waals surface area contributed by atoms with Crippen molar-refractivity contribution in [3.8, 4) is 17.4 Å². The van der Waals surface area contributed by atoms with Gasteiger partial charge in [-0.2, -0.15) is 0 Å². The number of halogens is 2. The van der Waals surface area contributed by atoms with Crippen molar-refractivity contribution in [2.75, 3.05) is 32.6 Å². The van der Waals surface area contributed by atoms with Gasteiger partial charge >= 0.3 is 0 Å². The molecule has 0 fully saturated rings. The molecule has 0 unspecified atom stereocenters. The summed E-state index contributed by atoms with van der Waals surface area (Å²) in [6.07, 6.45) is 4.49. The molecule has 0 saturated heterocycles. The average Bonchev–Trinajstić information content (AvgIpc) is 2.83. The van der Waals surface area contributed by atoms with Gasteiger partial charge in [-0.25, -0.2) is 18.1 Å². The van der Waals surface area contributed by atoms with Gasteiger partial charge in [-0.05, 0) is 42.7 Å². The molecule has 0 amide bonds. The first-order chi connectivity index (χ1) is 16.9. The molecule has 2 heterocycles. The van der Waals surface area contributed by atoms with Gasteiger partial charge in [0.25, 0.3) is 0 Å². The van der Waals surface area contributed by atoms with Crippen LogP contribution in [0.5, 0.6) is 17.4 Å². The smallest absolute Gasteiger partial charge is 0.238 e. The predicted octanol–water partition coefficient (Wildman–Crippen LogP) is 4.70. The zero-order chi connectivity index (χ0) is 25.1. The molecule has 0 aliphatic carbocycles. The molecule has 0 aliphatic heterocycles. The zero-order valence-electron chi connectivity index (χ0n) is 19.2. The first-order valence-electron chi connectivity index (χ1n) is 11.0. The molecule has 8 nitrogen and oxygen atoms in total. The van der Waals surface area contributed by atoms with Crippen molar-refractivity contribution in [2.45, 2.75) is 19.3 Å². The highest BCUT2D eigenvalue weighted by molar-refractivity contribution is 7.89. The van der Waals surface area contributed by atoms with Crippen LogP contribution in [-0.4, -0.2) is 51.0 Å². The first-order valence-corrected chi connectivity index (χ1v) is 13.4. The van der Waals surface area contributed by atoms with Crippen molar-refractivity contribution in [3.05, 3.63) is 76.2 Å². The second-order valence-electron chi connectivity index (χ2n) is 7.54. The number of aryl methyl sites for hydroxylation is 1. The van der Waals surface area contributed by atoms with Gasteiger partial charge in [-0.3, -0.25) is 4.98 Å². The number of aromatic nitrogens is 2. The van der Waals surface area contributed by atoms with Crippen LogP contribution in [0, 0.1) is 0 Å². The molecular weight excluding hydrogens is 513 g/mol. The average molecular weight is 540 g/mol. The molecule has 0 aliphatic rings. The van der Waals surface area contributed by atoms with Crippen LogP contribution in [0.25, 0.3) is 0 Å². The summed E-state index contributed by atoms with van der Waals surface area (Å²) in [5, 5.41) is 0.647. The van der Waals surface area contributed by atoms with Crippen LogP contribution < -0.4 is 14.2 Å². The Morgan fingerprint density at radius 2 is 1.89 bits per heavy atom. The molecule has 3 rings (SSSR count). The summed E-state index contributed by atoms with van der Waals surface area (Å²) in [5.41, 5.74) is 1.62. The Morgan fingerprint density at radius 1 is 1.03 bits per heavy atom. The van der Waals surface area contributed by atoms with Gasteiger partial charge in [0.2, 0.25) is 15.9 Å². The van der Waals surface area contributed by atoms with Crippen molar-refractivity contribution >= 4 is 33.2 Å². The number of pyridine rings is 2. The van der Waals surface area contributed by atoms with Gasteiger partial charge in [0, 0.05) is 44.2 Å². The van der Waals surface area contributed by atoms with E-state index in [1.165, 1.54) is 12.3 Å². The van der Waals surface area contributed by atoms with E-state index in [4.69, 9.17) is 37.4 Å². The lowest BCUT2D eigenvalue weighted by Gasteiger charge is -2.14. The van der Waals surface area contributed by atoms with Gasteiger partial charge in [0.1, 0.15) is 23.1 Å². The summed E-state index contributed by atoms with van der Waals surface area (Å²) >= 11 is 12.1. The van der Waals surface area contributed by atoms with E-state index in [-0.39, 0.29) is 16.7 Å². The fourth-order valence-electron chi connectivity index (χ4n) is 3.16. The summed E-state index contributed by atoms with van der Waals surface area (Å²) in [6.45, 7) is 1.10. The number of hydrogen-bond donors (Lipinski definition) is 1. The Kier molecular flexibility index (Phi) is 10.6. The van der Waals surface area contributed by atoms with Crippen LogP contribution in [0.3, 0.4) is 0 Å². The monoisotopic (exact) mass is 539 g/mol. The number of methoxy groups -OCH3 is 1. The summed E-state index contributed by atoms with van der Waals surface area (Å²) < 4.78 is 44.1. The van der Waals surface area contributed by atoms with Crippen LogP contribution in [0.15, 0.2) is 54.9 Å². The number of benzene rings is 1. The molecular formula is C24H27Cl2N3O5S. The second-order valence-corrected chi connectivity index (χ2v) is 10.3. The highest BCUT2D eigenvalue weighted by atomic mass is 35.5. The first kappa shape index (κ1) is 27.2. The van der Waals surface area contributed by atoms with Crippen molar-refractivity contribution in [1.82, 2.24) is 14.7 Å². The van der Waals surface area contributed by atoms with Crippen molar-refractivity contribution < 1.29 is 22.6 Å². The van der Waals surface area contributed by atoms with Crippen LogP contribution in [-0.2, 0) is 27.6 Å². The molecule has 188 valence electrons. The van der Waals surface area contributed by atoms with E-state index in [0.717, 1.165) is 11.3 Å². The Hall–Kier alpha value is -2.43. The lowest BCUT2D eigenvalue weighted by molar-refractivity contribution is 0.146. The number of nitrogens with one attached hydrogen (secondary N) is 1. The summed E-state index contributed by atoms with van der Waals surface area (Å²) in [6, 6.07) is 12.4. The number of ether oxygens (including phenoxy) is 3. The number of hydrogen-bond acceptors (Lipinski definition) is 7. The summed E-state index contributed by atoms with van der Waals surface area (Å²) in [4.78, 5) is 8.34. The lowest BCUT2D eigenvalue weighted by Crippen LogP contribution is -2.28. The maximum atomic E-state index is 12.4. The largest absolute Gasteiger partial charge is 0.491 e. The molecule has 0 bridgehead atoms. The fourth-order valence-corrected chi connectivity index (χ4v) is 4.66. The molecule has 0 saturated carbocycles. The van der Waals surface area contributed by atoms with E-state index in [1.807, 2.05) is 24.3 Å². The van der Waals surface area contributed by atoms with Crippen LogP contribution >= 0.6 is 23.2 Å². The second kappa shape index (κ2) is 13.6. The topological polar surface area (TPSA) is 99.6 Å². The van der Waals surface area contributed by atoms with Crippen molar-refractivity contribution in [2.24, 2.45) is 0 Å².